The van der Waals surface area contributed by atoms with E-state index >= 15 is 0 Å². The van der Waals surface area contributed by atoms with Crippen molar-refractivity contribution in [3.8, 4) is 0 Å². The van der Waals surface area contributed by atoms with E-state index in [9.17, 15) is 4.79 Å². The molecule has 2 N–H and O–H groups in total. The van der Waals surface area contributed by atoms with Crippen molar-refractivity contribution in [1.29, 1.82) is 0 Å². The monoisotopic (exact) mass is 219 g/mol. The molecule has 0 saturated carbocycles. The Kier molecular flexibility index (Phi) is 3.51. The van der Waals surface area contributed by atoms with Crippen LogP contribution in [0.25, 0.3) is 0 Å². The quantitative estimate of drug-likeness (QED) is 0.808. The van der Waals surface area contributed by atoms with Crippen LogP contribution in [0.2, 0.25) is 0 Å². The lowest BCUT2D eigenvalue weighted by atomic mass is 10.1. The molecule has 0 bridgehead atoms. The van der Waals surface area contributed by atoms with Crippen LogP contribution in [-0.2, 0) is 11.2 Å². The summed E-state index contributed by atoms with van der Waals surface area (Å²) in [4.78, 5) is 17.8. The first-order valence-electron chi connectivity index (χ1n) is 5.70. The Bertz CT molecular complexity index is 347. The van der Waals surface area contributed by atoms with E-state index in [-0.39, 0.29) is 5.91 Å². The number of rotatable bonds is 3. The van der Waals surface area contributed by atoms with Crippen molar-refractivity contribution in [2.24, 2.45) is 5.73 Å². The molecule has 0 unspecified atom stereocenters. The van der Waals surface area contributed by atoms with Crippen molar-refractivity contribution < 1.29 is 4.79 Å². The smallest absolute Gasteiger partial charge is 0.239 e. The maximum Gasteiger partial charge on any atom is 0.239 e. The van der Waals surface area contributed by atoms with Crippen molar-refractivity contribution in [2.75, 3.05) is 13.1 Å². The molecule has 1 aromatic rings. The predicted octanol–water partition coefficient (Wildman–Crippen LogP) is 0.574. The summed E-state index contributed by atoms with van der Waals surface area (Å²) in [6.07, 6.45) is 6.26. The standard InChI is InChI=1S/C12H17N3O/c13-11(8-10-4-3-5-14-9-10)12(16)15-6-1-2-7-15/h3-5,9,11H,1-2,6-8,13H2/t11-/m1/s1. The van der Waals surface area contributed by atoms with Crippen LogP contribution in [0, 0.1) is 0 Å². The first-order chi connectivity index (χ1) is 7.77. The van der Waals surface area contributed by atoms with Crippen molar-refractivity contribution in [3.63, 3.8) is 0 Å². The SMILES string of the molecule is N[C@H](Cc1cccnc1)C(=O)N1CCCC1. The molecule has 1 saturated heterocycles. The molecule has 0 radical (unpaired) electrons. The highest BCUT2D eigenvalue weighted by atomic mass is 16.2. The van der Waals surface area contributed by atoms with E-state index in [4.69, 9.17) is 5.73 Å². The van der Waals surface area contributed by atoms with Gasteiger partial charge in [-0.15, -0.1) is 0 Å². The largest absolute Gasteiger partial charge is 0.341 e. The minimum absolute atomic E-state index is 0.0707. The lowest BCUT2D eigenvalue weighted by Crippen LogP contribution is -2.43. The Hall–Kier alpha value is -1.42. The average molecular weight is 219 g/mol. The second-order valence-corrected chi connectivity index (χ2v) is 4.20. The molecule has 1 aromatic heterocycles. The third-order valence-corrected chi connectivity index (χ3v) is 2.91. The van der Waals surface area contributed by atoms with E-state index in [0.29, 0.717) is 6.42 Å². The number of nitrogens with two attached hydrogens (primary N) is 1. The van der Waals surface area contributed by atoms with Crippen molar-refractivity contribution in [2.45, 2.75) is 25.3 Å². The third-order valence-electron chi connectivity index (χ3n) is 2.91. The minimum atomic E-state index is -0.428. The van der Waals surface area contributed by atoms with Crippen LogP contribution in [0.5, 0.6) is 0 Å². The molecule has 1 amide bonds. The lowest BCUT2D eigenvalue weighted by Gasteiger charge is -2.20. The van der Waals surface area contributed by atoms with Gasteiger partial charge in [-0.3, -0.25) is 9.78 Å². The predicted molar refractivity (Wildman–Crippen MR) is 61.7 cm³/mol. The molecule has 4 heteroatoms. The highest BCUT2D eigenvalue weighted by Crippen LogP contribution is 2.10. The Balaban J connectivity index is 1.92. The van der Waals surface area contributed by atoms with Gasteiger partial charge in [-0.2, -0.15) is 0 Å². The molecule has 0 aliphatic carbocycles. The highest BCUT2D eigenvalue weighted by molar-refractivity contribution is 5.82. The fraction of sp³-hybridized carbons (Fsp3) is 0.500. The van der Waals surface area contributed by atoms with Gasteiger partial charge in [0.1, 0.15) is 0 Å². The maximum absolute atomic E-state index is 11.9. The number of nitrogens with zero attached hydrogens (tertiary/aromatic N) is 2. The fourth-order valence-corrected chi connectivity index (χ4v) is 2.03. The van der Waals surface area contributed by atoms with Crippen LogP contribution in [0.15, 0.2) is 24.5 Å². The van der Waals surface area contributed by atoms with Crippen LogP contribution in [0.4, 0.5) is 0 Å². The number of pyridine rings is 1. The molecular formula is C12H17N3O. The molecule has 0 spiro atoms. The lowest BCUT2D eigenvalue weighted by molar-refractivity contribution is -0.131. The van der Waals surface area contributed by atoms with Crippen LogP contribution in [0.3, 0.4) is 0 Å². The summed E-state index contributed by atoms with van der Waals surface area (Å²) in [5.74, 6) is 0.0707. The molecule has 4 nitrogen and oxygen atoms in total. The van der Waals surface area contributed by atoms with Crippen molar-refractivity contribution >= 4 is 5.91 Å². The van der Waals surface area contributed by atoms with Gasteiger partial charge in [-0.05, 0) is 30.9 Å². The normalized spacial score (nSPS) is 17.4. The summed E-state index contributed by atoms with van der Waals surface area (Å²) in [6, 6.07) is 3.38. The molecule has 1 atom stereocenters. The van der Waals surface area contributed by atoms with Crippen LogP contribution in [0.1, 0.15) is 18.4 Å². The van der Waals surface area contributed by atoms with E-state index < -0.39 is 6.04 Å². The Morgan fingerprint density at radius 2 is 2.25 bits per heavy atom. The number of amides is 1. The van der Waals surface area contributed by atoms with E-state index in [1.54, 1.807) is 12.4 Å². The zero-order valence-electron chi connectivity index (χ0n) is 9.30. The van der Waals surface area contributed by atoms with Gasteiger partial charge in [-0.25, -0.2) is 0 Å². The number of hydrogen-bond acceptors (Lipinski definition) is 3. The zero-order chi connectivity index (χ0) is 11.4. The number of hydrogen-bond donors (Lipinski definition) is 1. The number of carbonyl (C=O) groups excluding carboxylic acids is 1. The molecule has 2 rings (SSSR count). The molecule has 1 fully saturated rings. The van der Waals surface area contributed by atoms with Crippen LogP contribution < -0.4 is 5.73 Å². The van der Waals surface area contributed by atoms with Gasteiger partial charge in [-0.1, -0.05) is 6.07 Å². The van der Waals surface area contributed by atoms with Gasteiger partial charge >= 0.3 is 0 Å². The van der Waals surface area contributed by atoms with Gasteiger partial charge in [0.2, 0.25) is 5.91 Å². The zero-order valence-corrected chi connectivity index (χ0v) is 9.30. The summed E-state index contributed by atoms with van der Waals surface area (Å²) in [7, 11) is 0. The van der Waals surface area contributed by atoms with E-state index in [1.165, 1.54) is 0 Å². The van der Waals surface area contributed by atoms with Gasteiger partial charge in [0.15, 0.2) is 0 Å². The summed E-state index contributed by atoms with van der Waals surface area (Å²) >= 11 is 0. The van der Waals surface area contributed by atoms with E-state index in [2.05, 4.69) is 4.98 Å². The fourth-order valence-electron chi connectivity index (χ4n) is 2.03. The van der Waals surface area contributed by atoms with Crippen molar-refractivity contribution in [1.82, 2.24) is 9.88 Å². The number of likely N-dealkylation sites (tertiary alicyclic amines) is 1. The summed E-state index contributed by atoms with van der Waals surface area (Å²) in [5, 5.41) is 0. The molecule has 2 heterocycles. The topological polar surface area (TPSA) is 59.2 Å². The number of aromatic nitrogens is 1. The van der Waals surface area contributed by atoms with Crippen molar-refractivity contribution in [3.05, 3.63) is 30.1 Å². The molecule has 86 valence electrons. The van der Waals surface area contributed by atoms with E-state index in [1.807, 2.05) is 17.0 Å². The van der Waals surface area contributed by atoms with Crippen LogP contribution in [-0.4, -0.2) is 34.9 Å². The van der Waals surface area contributed by atoms with Gasteiger partial charge in [0.25, 0.3) is 0 Å². The Labute approximate surface area is 95.5 Å². The highest BCUT2D eigenvalue weighted by Gasteiger charge is 2.23. The number of carbonyl (C=O) groups is 1. The summed E-state index contributed by atoms with van der Waals surface area (Å²) in [5.41, 5.74) is 6.93. The summed E-state index contributed by atoms with van der Waals surface area (Å²) < 4.78 is 0. The van der Waals surface area contributed by atoms with Gasteiger partial charge in [0, 0.05) is 25.5 Å². The molecule has 16 heavy (non-hydrogen) atoms. The van der Waals surface area contributed by atoms with Gasteiger partial charge < -0.3 is 10.6 Å². The molecule has 1 aliphatic heterocycles. The summed E-state index contributed by atoms with van der Waals surface area (Å²) in [6.45, 7) is 1.72. The third kappa shape index (κ3) is 2.58. The molecule has 0 aromatic carbocycles. The Morgan fingerprint density at radius 3 is 2.88 bits per heavy atom. The van der Waals surface area contributed by atoms with E-state index in [0.717, 1.165) is 31.5 Å². The van der Waals surface area contributed by atoms with Gasteiger partial charge in [0.05, 0.1) is 6.04 Å². The average Bonchev–Trinajstić information content (AvgIpc) is 2.83. The molecule has 1 aliphatic rings. The minimum Gasteiger partial charge on any atom is -0.341 e. The first kappa shape index (κ1) is 11.1. The second kappa shape index (κ2) is 5.07. The second-order valence-electron chi connectivity index (χ2n) is 4.20. The molecular weight excluding hydrogens is 202 g/mol. The Morgan fingerprint density at radius 1 is 1.50 bits per heavy atom. The van der Waals surface area contributed by atoms with Crippen LogP contribution >= 0.6 is 0 Å². The first-order valence-corrected chi connectivity index (χ1v) is 5.70. The maximum atomic E-state index is 11.9.